The maximum absolute atomic E-state index is 11.7. The summed E-state index contributed by atoms with van der Waals surface area (Å²) >= 11 is 0. The molecule has 0 N–H and O–H groups in total. The summed E-state index contributed by atoms with van der Waals surface area (Å²) in [6, 6.07) is 5.37. The van der Waals surface area contributed by atoms with E-state index in [2.05, 4.69) is 0 Å². The van der Waals surface area contributed by atoms with E-state index in [1.165, 1.54) is 24.3 Å². The zero-order valence-corrected chi connectivity index (χ0v) is 10.4. The molecule has 1 aliphatic heterocycles. The summed E-state index contributed by atoms with van der Waals surface area (Å²) < 4.78 is 10.5. The molecule has 6 heteroatoms. The molecule has 6 nitrogen and oxygen atoms in total. The number of esters is 1. The number of non-ortho nitro benzene ring substituents is 1. The molecule has 0 spiro atoms. The summed E-state index contributed by atoms with van der Waals surface area (Å²) in [4.78, 5) is 21.6. The van der Waals surface area contributed by atoms with E-state index in [-0.39, 0.29) is 11.8 Å². The van der Waals surface area contributed by atoms with Crippen LogP contribution >= 0.6 is 0 Å². The van der Waals surface area contributed by atoms with Crippen molar-refractivity contribution >= 4 is 11.7 Å². The maximum Gasteiger partial charge on any atom is 0.338 e. The number of nitro benzene ring substituents is 1. The Balaban J connectivity index is 1.80. The smallest absolute Gasteiger partial charge is 0.338 e. The summed E-state index contributed by atoms with van der Waals surface area (Å²) in [5.41, 5.74) is 0.272. The summed E-state index contributed by atoms with van der Waals surface area (Å²) in [5, 5.41) is 10.5. The Bertz CT molecular complexity index is 451. The first-order valence-corrected chi connectivity index (χ1v) is 6.20. The fourth-order valence-corrected chi connectivity index (χ4v) is 1.96. The molecule has 19 heavy (non-hydrogen) atoms. The van der Waals surface area contributed by atoms with Crippen molar-refractivity contribution in [3.05, 3.63) is 39.9 Å². The molecule has 1 atom stereocenters. The van der Waals surface area contributed by atoms with Crippen molar-refractivity contribution in [3.8, 4) is 0 Å². The molecule has 0 bridgehead atoms. The van der Waals surface area contributed by atoms with Gasteiger partial charge in [-0.05, 0) is 25.0 Å². The zero-order valence-electron chi connectivity index (χ0n) is 10.4. The third kappa shape index (κ3) is 3.75. The lowest BCUT2D eigenvalue weighted by Gasteiger charge is -2.09. The van der Waals surface area contributed by atoms with Crippen LogP contribution in [0.5, 0.6) is 0 Å². The van der Waals surface area contributed by atoms with E-state index in [1.807, 2.05) is 0 Å². The quantitative estimate of drug-likeness (QED) is 0.463. The first kappa shape index (κ1) is 13.5. The number of hydrogen-bond acceptors (Lipinski definition) is 5. The Morgan fingerprint density at radius 2 is 2.16 bits per heavy atom. The third-order valence-corrected chi connectivity index (χ3v) is 3.01. The van der Waals surface area contributed by atoms with Crippen molar-refractivity contribution in [1.82, 2.24) is 0 Å². The van der Waals surface area contributed by atoms with Gasteiger partial charge in [-0.15, -0.1) is 0 Å². The SMILES string of the molecule is O=C(OCC[C@@H]1CCCO1)c1ccc([N+](=O)[O-])cc1. The van der Waals surface area contributed by atoms with E-state index in [1.54, 1.807) is 0 Å². The van der Waals surface area contributed by atoms with E-state index in [0.29, 0.717) is 18.6 Å². The van der Waals surface area contributed by atoms with Crippen molar-refractivity contribution in [2.45, 2.75) is 25.4 Å². The number of carbonyl (C=O) groups is 1. The van der Waals surface area contributed by atoms with Crippen molar-refractivity contribution in [2.75, 3.05) is 13.2 Å². The minimum atomic E-state index is -0.507. The minimum Gasteiger partial charge on any atom is -0.462 e. The monoisotopic (exact) mass is 265 g/mol. The van der Waals surface area contributed by atoms with Crippen LogP contribution in [0.3, 0.4) is 0 Å². The van der Waals surface area contributed by atoms with Crippen molar-refractivity contribution < 1.29 is 19.2 Å². The van der Waals surface area contributed by atoms with Crippen molar-refractivity contribution in [3.63, 3.8) is 0 Å². The lowest BCUT2D eigenvalue weighted by molar-refractivity contribution is -0.384. The highest BCUT2D eigenvalue weighted by Gasteiger charge is 2.16. The highest BCUT2D eigenvalue weighted by molar-refractivity contribution is 5.89. The molecule has 2 rings (SSSR count). The van der Waals surface area contributed by atoms with Gasteiger partial charge in [0, 0.05) is 25.2 Å². The Hall–Kier alpha value is -1.95. The Labute approximate surface area is 110 Å². The minimum absolute atomic E-state index is 0.0455. The normalized spacial score (nSPS) is 18.2. The van der Waals surface area contributed by atoms with Gasteiger partial charge in [0.15, 0.2) is 0 Å². The fraction of sp³-hybridized carbons (Fsp3) is 0.462. The molecule has 1 fully saturated rings. The van der Waals surface area contributed by atoms with Crippen LogP contribution in [-0.2, 0) is 9.47 Å². The van der Waals surface area contributed by atoms with Gasteiger partial charge in [-0.1, -0.05) is 0 Å². The largest absolute Gasteiger partial charge is 0.462 e. The van der Waals surface area contributed by atoms with Gasteiger partial charge in [0.25, 0.3) is 5.69 Å². The number of benzene rings is 1. The first-order valence-electron chi connectivity index (χ1n) is 6.20. The maximum atomic E-state index is 11.7. The van der Waals surface area contributed by atoms with Gasteiger partial charge in [-0.2, -0.15) is 0 Å². The van der Waals surface area contributed by atoms with Crippen LogP contribution < -0.4 is 0 Å². The highest BCUT2D eigenvalue weighted by Crippen LogP contribution is 2.16. The second kappa shape index (κ2) is 6.29. The molecule has 0 amide bonds. The molecule has 102 valence electrons. The predicted octanol–water partition coefficient (Wildman–Crippen LogP) is 2.32. The zero-order chi connectivity index (χ0) is 13.7. The standard InChI is InChI=1S/C13H15NO5/c15-13(19-9-7-12-2-1-8-18-12)10-3-5-11(6-4-10)14(16)17/h3-6,12H,1-2,7-9H2/t12-/m0/s1. The van der Waals surface area contributed by atoms with Gasteiger partial charge in [0.05, 0.1) is 23.2 Å². The number of carbonyl (C=O) groups excluding carboxylic acids is 1. The van der Waals surface area contributed by atoms with Crippen LogP contribution in [-0.4, -0.2) is 30.2 Å². The van der Waals surface area contributed by atoms with E-state index in [0.717, 1.165) is 19.4 Å². The molecule has 1 aromatic rings. The van der Waals surface area contributed by atoms with Crippen LogP contribution in [0.15, 0.2) is 24.3 Å². The van der Waals surface area contributed by atoms with Crippen LogP contribution in [0.25, 0.3) is 0 Å². The Kier molecular flexibility index (Phi) is 4.46. The van der Waals surface area contributed by atoms with E-state index < -0.39 is 10.9 Å². The van der Waals surface area contributed by atoms with Crippen molar-refractivity contribution in [1.29, 1.82) is 0 Å². The van der Waals surface area contributed by atoms with E-state index in [9.17, 15) is 14.9 Å². The predicted molar refractivity (Wildman–Crippen MR) is 67.0 cm³/mol. The van der Waals surface area contributed by atoms with E-state index >= 15 is 0 Å². The average Bonchev–Trinajstić information content (AvgIpc) is 2.92. The third-order valence-electron chi connectivity index (χ3n) is 3.01. The molecular weight excluding hydrogens is 250 g/mol. The molecule has 0 radical (unpaired) electrons. The number of rotatable bonds is 5. The van der Waals surface area contributed by atoms with Gasteiger partial charge in [0.2, 0.25) is 0 Å². The molecule has 1 saturated heterocycles. The number of ether oxygens (including phenoxy) is 2. The Morgan fingerprint density at radius 1 is 1.42 bits per heavy atom. The molecule has 0 aromatic heterocycles. The van der Waals surface area contributed by atoms with Gasteiger partial charge >= 0.3 is 5.97 Å². The van der Waals surface area contributed by atoms with Gasteiger partial charge in [0.1, 0.15) is 0 Å². The molecule has 1 aliphatic rings. The first-order chi connectivity index (χ1) is 9.16. The summed E-state index contributed by atoms with van der Waals surface area (Å²) in [6.07, 6.45) is 2.94. The highest BCUT2D eigenvalue weighted by atomic mass is 16.6. The van der Waals surface area contributed by atoms with Crippen LogP contribution in [0, 0.1) is 10.1 Å². The Morgan fingerprint density at radius 3 is 2.74 bits per heavy atom. The van der Waals surface area contributed by atoms with E-state index in [4.69, 9.17) is 9.47 Å². The number of nitro groups is 1. The van der Waals surface area contributed by atoms with Gasteiger partial charge < -0.3 is 9.47 Å². The number of hydrogen-bond donors (Lipinski definition) is 0. The summed E-state index contributed by atoms with van der Waals surface area (Å²) in [6.45, 7) is 1.08. The molecule has 1 aromatic carbocycles. The number of nitrogens with zero attached hydrogens (tertiary/aromatic N) is 1. The molecular formula is C13H15NO5. The molecule has 0 saturated carbocycles. The lowest BCUT2D eigenvalue weighted by atomic mass is 10.2. The fourth-order valence-electron chi connectivity index (χ4n) is 1.96. The van der Waals surface area contributed by atoms with Gasteiger partial charge in [-0.25, -0.2) is 4.79 Å². The van der Waals surface area contributed by atoms with Crippen LogP contribution in [0.1, 0.15) is 29.6 Å². The molecule has 0 unspecified atom stereocenters. The lowest BCUT2D eigenvalue weighted by Crippen LogP contribution is -2.12. The molecule has 0 aliphatic carbocycles. The summed E-state index contributed by atoms with van der Waals surface area (Å²) in [7, 11) is 0. The van der Waals surface area contributed by atoms with Crippen LogP contribution in [0.4, 0.5) is 5.69 Å². The second-order valence-corrected chi connectivity index (χ2v) is 4.36. The van der Waals surface area contributed by atoms with Crippen molar-refractivity contribution in [2.24, 2.45) is 0 Å². The topological polar surface area (TPSA) is 78.7 Å². The second-order valence-electron chi connectivity index (χ2n) is 4.36. The van der Waals surface area contributed by atoms with Crippen LogP contribution in [0.2, 0.25) is 0 Å². The van der Waals surface area contributed by atoms with Gasteiger partial charge in [-0.3, -0.25) is 10.1 Å². The summed E-state index contributed by atoms with van der Waals surface area (Å²) in [5.74, 6) is -0.465. The molecule has 1 heterocycles. The average molecular weight is 265 g/mol.